The number of benzene rings is 1. The molecular weight excluding hydrogens is 252 g/mol. The van der Waals surface area contributed by atoms with Crippen LogP contribution in [0.3, 0.4) is 0 Å². The van der Waals surface area contributed by atoms with E-state index in [9.17, 15) is 4.79 Å². The Morgan fingerprint density at radius 3 is 3.10 bits per heavy atom. The van der Waals surface area contributed by atoms with E-state index >= 15 is 0 Å². The molecule has 2 heterocycles. The van der Waals surface area contributed by atoms with Crippen molar-refractivity contribution in [2.75, 3.05) is 19.7 Å². The third kappa shape index (κ3) is 2.58. The second kappa shape index (κ2) is 5.94. The van der Waals surface area contributed by atoms with Gasteiger partial charge in [-0.3, -0.25) is 4.79 Å². The standard InChI is InChI=1S/C16H22N2O2/c17-11-13-5-3-8-18(13)16(19)10-15-14-6-2-1-4-12(14)7-9-20-15/h1-2,4,6,13,15H,3,5,7-11,17H2/t13-,15-/m0/s1. The maximum absolute atomic E-state index is 12.5. The van der Waals surface area contributed by atoms with Crippen LogP contribution in [0.25, 0.3) is 0 Å². The van der Waals surface area contributed by atoms with Crippen LogP contribution in [-0.4, -0.2) is 36.5 Å². The van der Waals surface area contributed by atoms with Gasteiger partial charge in [0.1, 0.15) is 0 Å². The first-order valence-electron chi connectivity index (χ1n) is 7.48. The monoisotopic (exact) mass is 274 g/mol. The second-order valence-electron chi connectivity index (χ2n) is 5.63. The third-order valence-electron chi connectivity index (χ3n) is 4.42. The zero-order valence-corrected chi connectivity index (χ0v) is 11.8. The van der Waals surface area contributed by atoms with Crippen molar-refractivity contribution >= 4 is 5.91 Å². The molecule has 2 N–H and O–H groups in total. The molecule has 1 amide bonds. The highest BCUT2D eigenvalue weighted by Crippen LogP contribution is 2.31. The van der Waals surface area contributed by atoms with E-state index in [0.717, 1.165) is 25.8 Å². The molecule has 108 valence electrons. The van der Waals surface area contributed by atoms with Crippen molar-refractivity contribution in [3.05, 3.63) is 35.4 Å². The lowest BCUT2D eigenvalue weighted by Crippen LogP contribution is -2.40. The first kappa shape index (κ1) is 13.6. The summed E-state index contributed by atoms with van der Waals surface area (Å²) in [5, 5.41) is 0. The maximum atomic E-state index is 12.5. The summed E-state index contributed by atoms with van der Waals surface area (Å²) in [6.07, 6.45) is 3.38. The van der Waals surface area contributed by atoms with Gasteiger partial charge in [0.2, 0.25) is 5.91 Å². The van der Waals surface area contributed by atoms with E-state index in [4.69, 9.17) is 10.5 Å². The van der Waals surface area contributed by atoms with Gasteiger partial charge in [-0.2, -0.15) is 0 Å². The van der Waals surface area contributed by atoms with Gasteiger partial charge in [-0.15, -0.1) is 0 Å². The van der Waals surface area contributed by atoms with Crippen LogP contribution in [0, 0.1) is 0 Å². The zero-order chi connectivity index (χ0) is 13.9. The Kier molecular flexibility index (Phi) is 4.03. The smallest absolute Gasteiger partial charge is 0.225 e. The van der Waals surface area contributed by atoms with E-state index in [-0.39, 0.29) is 18.1 Å². The van der Waals surface area contributed by atoms with Crippen LogP contribution in [0.4, 0.5) is 0 Å². The lowest BCUT2D eigenvalue weighted by molar-refractivity contribution is -0.135. The van der Waals surface area contributed by atoms with Crippen LogP contribution in [0.2, 0.25) is 0 Å². The van der Waals surface area contributed by atoms with Crippen molar-refractivity contribution in [1.82, 2.24) is 4.90 Å². The second-order valence-corrected chi connectivity index (χ2v) is 5.63. The van der Waals surface area contributed by atoms with Crippen molar-refractivity contribution in [1.29, 1.82) is 0 Å². The highest BCUT2D eigenvalue weighted by atomic mass is 16.5. The van der Waals surface area contributed by atoms with Crippen molar-refractivity contribution in [2.45, 2.75) is 37.8 Å². The van der Waals surface area contributed by atoms with Gasteiger partial charge in [-0.1, -0.05) is 24.3 Å². The molecule has 0 saturated carbocycles. The van der Waals surface area contributed by atoms with Gasteiger partial charge in [0.05, 0.1) is 19.1 Å². The van der Waals surface area contributed by atoms with Gasteiger partial charge in [0.25, 0.3) is 0 Å². The van der Waals surface area contributed by atoms with Crippen LogP contribution in [-0.2, 0) is 16.0 Å². The number of rotatable bonds is 3. The molecule has 4 nitrogen and oxygen atoms in total. The highest BCUT2D eigenvalue weighted by molar-refractivity contribution is 5.77. The molecule has 0 aromatic heterocycles. The molecule has 2 aliphatic heterocycles. The molecule has 0 aliphatic carbocycles. The minimum atomic E-state index is -0.0912. The minimum absolute atomic E-state index is 0.0912. The molecule has 0 spiro atoms. The maximum Gasteiger partial charge on any atom is 0.225 e. The largest absolute Gasteiger partial charge is 0.373 e. The number of hydrogen-bond donors (Lipinski definition) is 1. The summed E-state index contributed by atoms with van der Waals surface area (Å²) in [6.45, 7) is 2.11. The molecule has 2 aliphatic rings. The van der Waals surface area contributed by atoms with Crippen molar-refractivity contribution in [3.63, 3.8) is 0 Å². The number of nitrogens with two attached hydrogens (primary N) is 1. The first-order chi connectivity index (χ1) is 9.79. The van der Waals surface area contributed by atoms with E-state index in [1.54, 1.807) is 0 Å². The fourth-order valence-electron chi connectivity index (χ4n) is 3.33. The predicted molar refractivity (Wildman–Crippen MR) is 77.2 cm³/mol. The molecule has 20 heavy (non-hydrogen) atoms. The van der Waals surface area contributed by atoms with E-state index in [2.05, 4.69) is 12.1 Å². The summed E-state index contributed by atoms with van der Waals surface area (Å²) in [7, 11) is 0. The van der Waals surface area contributed by atoms with Crippen LogP contribution < -0.4 is 5.73 Å². The van der Waals surface area contributed by atoms with E-state index in [1.807, 2.05) is 17.0 Å². The number of ether oxygens (including phenoxy) is 1. The fraction of sp³-hybridized carbons (Fsp3) is 0.562. The van der Waals surface area contributed by atoms with Crippen LogP contribution in [0.5, 0.6) is 0 Å². The zero-order valence-electron chi connectivity index (χ0n) is 11.8. The van der Waals surface area contributed by atoms with Crippen LogP contribution in [0.1, 0.15) is 36.5 Å². The number of amides is 1. The molecule has 2 atom stereocenters. The van der Waals surface area contributed by atoms with E-state index < -0.39 is 0 Å². The molecule has 3 rings (SSSR count). The topological polar surface area (TPSA) is 55.6 Å². The summed E-state index contributed by atoms with van der Waals surface area (Å²) in [6, 6.07) is 8.50. The average molecular weight is 274 g/mol. The van der Waals surface area contributed by atoms with E-state index in [0.29, 0.717) is 19.6 Å². The van der Waals surface area contributed by atoms with E-state index in [1.165, 1.54) is 11.1 Å². The molecule has 1 aromatic rings. The van der Waals surface area contributed by atoms with Gasteiger partial charge in [-0.05, 0) is 30.4 Å². The van der Waals surface area contributed by atoms with Crippen molar-refractivity contribution in [3.8, 4) is 0 Å². The predicted octanol–water partition coefficient (Wildman–Crippen LogP) is 1.64. The van der Waals surface area contributed by atoms with Gasteiger partial charge in [-0.25, -0.2) is 0 Å². The summed E-state index contributed by atoms with van der Waals surface area (Å²) in [5.41, 5.74) is 8.24. The molecule has 0 unspecified atom stereocenters. The quantitative estimate of drug-likeness (QED) is 0.911. The number of carbonyl (C=O) groups is 1. The summed E-state index contributed by atoms with van der Waals surface area (Å²) in [4.78, 5) is 14.4. The highest BCUT2D eigenvalue weighted by Gasteiger charge is 2.31. The molecule has 0 radical (unpaired) electrons. The molecule has 0 bridgehead atoms. The Bertz CT molecular complexity index is 489. The molecule has 1 fully saturated rings. The fourth-order valence-corrected chi connectivity index (χ4v) is 3.33. The number of fused-ring (bicyclic) bond motifs is 1. The van der Waals surface area contributed by atoms with Gasteiger partial charge in [0, 0.05) is 19.1 Å². The SMILES string of the molecule is NC[C@@H]1CCCN1C(=O)C[C@@H]1OCCc2ccccc21. The summed E-state index contributed by atoms with van der Waals surface area (Å²) >= 11 is 0. The lowest BCUT2D eigenvalue weighted by atomic mass is 9.95. The molecule has 1 saturated heterocycles. The normalized spacial score (nSPS) is 25.6. The van der Waals surface area contributed by atoms with Crippen molar-refractivity contribution < 1.29 is 9.53 Å². The summed E-state index contributed by atoms with van der Waals surface area (Å²) < 4.78 is 5.82. The average Bonchev–Trinajstić information content (AvgIpc) is 2.96. The molecular formula is C16H22N2O2. The first-order valence-corrected chi connectivity index (χ1v) is 7.48. The third-order valence-corrected chi connectivity index (χ3v) is 4.42. The minimum Gasteiger partial charge on any atom is -0.373 e. The van der Waals surface area contributed by atoms with Crippen LogP contribution in [0.15, 0.2) is 24.3 Å². The Hall–Kier alpha value is -1.39. The van der Waals surface area contributed by atoms with Gasteiger partial charge in [0.15, 0.2) is 0 Å². The Labute approximate surface area is 119 Å². The Balaban J connectivity index is 1.71. The molecule has 1 aromatic carbocycles. The van der Waals surface area contributed by atoms with Crippen LogP contribution >= 0.6 is 0 Å². The number of carbonyl (C=O) groups excluding carboxylic acids is 1. The number of hydrogen-bond acceptors (Lipinski definition) is 3. The Morgan fingerprint density at radius 1 is 1.40 bits per heavy atom. The lowest BCUT2D eigenvalue weighted by Gasteiger charge is -2.29. The Morgan fingerprint density at radius 2 is 2.25 bits per heavy atom. The van der Waals surface area contributed by atoms with Gasteiger partial charge >= 0.3 is 0 Å². The number of nitrogens with zero attached hydrogens (tertiary/aromatic N) is 1. The molecule has 4 heteroatoms. The number of likely N-dealkylation sites (tertiary alicyclic amines) is 1. The van der Waals surface area contributed by atoms with Gasteiger partial charge < -0.3 is 15.4 Å². The van der Waals surface area contributed by atoms with Crippen molar-refractivity contribution in [2.24, 2.45) is 5.73 Å². The summed E-state index contributed by atoms with van der Waals surface area (Å²) in [5.74, 6) is 0.180.